The minimum Gasteiger partial charge on any atom is -0.491 e. The van der Waals surface area contributed by atoms with E-state index < -0.39 is 5.82 Å². The fourth-order valence-electron chi connectivity index (χ4n) is 3.91. The molecule has 2 aliphatic rings. The molecule has 1 aromatic carbocycles. The molecule has 158 valence electrons. The molecule has 0 aliphatic carbocycles. The van der Waals surface area contributed by atoms with Crippen molar-refractivity contribution in [3.05, 3.63) is 56.2 Å². The number of fused-ring (bicyclic) bond motifs is 3. The van der Waals surface area contributed by atoms with Crippen molar-refractivity contribution in [1.82, 2.24) is 14.4 Å². The van der Waals surface area contributed by atoms with Crippen LogP contribution in [0.3, 0.4) is 0 Å². The molecule has 0 saturated heterocycles. The van der Waals surface area contributed by atoms with Crippen molar-refractivity contribution >= 4 is 29.5 Å². The summed E-state index contributed by atoms with van der Waals surface area (Å²) >= 11 is 5.89. The number of aromatic nitrogens is 1. The molecule has 0 atom stereocenters. The van der Waals surface area contributed by atoms with E-state index in [9.17, 15) is 14.0 Å². The summed E-state index contributed by atoms with van der Waals surface area (Å²) in [6.07, 6.45) is 3.24. The van der Waals surface area contributed by atoms with Crippen molar-refractivity contribution in [3.8, 4) is 5.75 Å². The van der Waals surface area contributed by atoms with Crippen LogP contribution in [-0.2, 0) is 19.6 Å². The van der Waals surface area contributed by atoms with Gasteiger partial charge in [0.2, 0.25) is 0 Å². The summed E-state index contributed by atoms with van der Waals surface area (Å²) in [5.74, 6) is -0.501. The number of aliphatic imine (C=N–C) groups is 1. The Kier molecular flexibility index (Phi) is 5.51. The predicted octanol–water partition coefficient (Wildman–Crippen LogP) is 3.19. The summed E-state index contributed by atoms with van der Waals surface area (Å²) in [5.41, 5.74) is 1.83. The van der Waals surface area contributed by atoms with Gasteiger partial charge in [0, 0.05) is 32.2 Å². The van der Waals surface area contributed by atoms with Crippen LogP contribution in [0.5, 0.6) is 5.75 Å². The largest absolute Gasteiger partial charge is 0.491 e. The predicted molar refractivity (Wildman–Crippen MR) is 112 cm³/mol. The van der Waals surface area contributed by atoms with Gasteiger partial charge in [-0.1, -0.05) is 17.7 Å². The first-order chi connectivity index (χ1) is 14.4. The van der Waals surface area contributed by atoms with Gasteiger partial charge in [-0.05, 0) is 30.5 Å². The summed E-state index contributed by atoms with van der Waals surface area (Å²) in [4.78, 5) is 34.2. The highest BCUT2D eigenvalue weighted by Gasteiger charge is 2.31. The monoisotopic (exact) mass is 432 g/mol. The van der Waals surface area contributed by atoms with E-state index in [2.05, 4.69) is 4.99 Å². The molecule has 7 nitrogen and oxygen atoms in total. The summed E-state index contributed by atoms with van der Waals surface area (Å²) in [6, 6.07) is 4.53. The number of carbonyl (C=O) groups excluding carboxylic acids is 1. The number of nitrogens with zero attached hydrogens (tertiary/aromatic N) is 4. The molecule has 0 fully saturated rings. The summed E-state index contributed by atoms with van der Waals surface area (Å²) < 4.78 is 20.4. The van der Waals surface area contributed by atoms with Crippen molar-refractivity contribution < 1.29 is 13.9 Å². The van der Waals surface area contributed by atoms with E-state index in [0.29, 0.717) is 43.1 Å². The third kappa shape index (κ3) is 3.56. The number of ether oxygens (including phenoxy) is 1. The average Bonchev–Trinajstić information content (AvgIpc) is 2.72. The Morgan fingerprint density at radius 3 is 2.73 bits per heavy atom. The number of carbonyl (C=O) groups is 1. The van der Waals surface area contributed by atoms with Gasteiger partial charge in [0.1, 0.15) is 17.2 Å². The number of pyridine rings is 1. The SMILES string of the molecule is COc1c2c(c3n(c1=O)CCCCN(C)C3=O)N=CN(Cc1ccc(F)c(Cl)c1)C2. The quantitative estimate of drug-likeness (QED) is 0.747. The molecule has 0 N–H and O–H groups in total. The van der Waals surface area contributed by atoms with Crippen LogP contribution >= 0.6 is 11.6 Å². The van der Waals surface area contributed by atoms with Crippen LogP contribution in [-0.4, -0.2) is 47.3 Å². The fraction of sp³-hybridized carbons (Fsp3) is 0.381. The van der Waals surface area contributed by atoms with Gasteiger partial charge in [-0.15, -0.1) is 0 Å². The Labute approximate surface area is 178 Å². The molecule has 9 heteroatoms. The lowest BCUT2D eigenvalue weighted by atomic mass is 10.1. The van der Waals surface area contributed by atoms with Crippen LogP contribution < -0.4 is 10.3 Å². The van der Waals surface area contributed by atoms with Crippen molar-refractivity contribution in [1.29, 1.82) is 0 Å². The van der Waals surface area contributed by atoms with E-state index in [-0.39, 0.29) is 22.2 Å². The van der Waals surface area contributed by atoms with Crippen molar-refractivity contribution in [3.63, 3.8) is 0 Å². The van der Waals surface area contributed by atoms with E-state index in [4.69, 9.17) is 16.3 Å². The van der Waals surface area contributed by atoms with Gasteiger partial charge in [-0.25, -0.2) is 9.38 Å². The molecular weight excluding hydrogens is 411 g/mol. The molecule has 0 bridgehead atoms. The van der Waals surface area contributed by atoms with Gasteiger partial charge in [-0.3, -0.25) is 14.2 Å². The van der Waals surface area contributed by atoms with Crippen LogP contribution in [0, 0.1) is 5.82 Å². The van der Waals surface area contributed by atoms with E-state index in [0.717, 1.165) is 18.4 Å². The standard InChI is InChI=1S/C21H22ClFN4O3/c1-25-7-3-4-8-27-18(20(25)28)17-14(19(30-2)21(27)29)11-26(12-24-17)10-13-5-6-16(23)15(22)9-13/h5-6,9,12H,3-4,7-8,10-11H2,1-2H3. The molecule has 2 aromatic rings. The van der Waals surface area contributed by atoms with Gasteiger partial charge >= 0.3 is 0 Å². The van der Waals surface area contributed by atoms with E-state index >= 15 is 0 Å². The highest BCUT2D eigenvalue weighted by Crippen LogP contribution is 2.35. The van der Waals surface area contributed by atoms with Gasteiger partial charge in [0.05, 0.1) is 25.0 Å². The third-order valence-electron chi connectivity index (χ3n) is 5.45. The lowest BCUT2D eigenvalue weighted by Gasteiger charge is -2.30. The Balaban J connectivity index is 1.77. The van der Waals surface area contributed by atoms with Gasteiger partial charge < -0.3 is 14.5 Å². The Bertz CT molecular complexity index is 1100. The molecular formula is C21H22ClFN4O3. The number of rotatable bonds is 3. The first kappa shape index (κ1) is 20.4. The average molecular weight is 433 g/mol. The van der Waals surface area contributed by atoms with Crippen molar-refractivity contribution in [2.45, 2.75) is 32.5 Å². The summed E-state index contributed by atoms with van der Waals surface area (Å²) in [5, 5.41) is 0.0488. The zero-order valence-corrected chi connectivity index (χ0v) is 17.6. The Hall–Kier alpha value is -2.87. The van der Waals surface area contributed by atoms with Gasteiger partial charge in [0.15, 0.2) is 5.75 Å². The second-order valence-electron chi connectivity index (χ2n) is 7.50. The number of halogens is 2. The van der Waals surface area contributed by atoms with E-state index in [1.54, 1.807) is 30.4 Å². The van der Waals surface area contributed by atoms with Crippen LogP contribution in [0.25, 0.3) is 0 Å². The lowest BCUT2D eigenvalue weighted by molar-refractivity contribution is 0.0771. The minimum atomic E-state index is -0.478. The molecule has 2 aliphatic heterocycles. The van der Waals surface area contributed by atoms with Gasteiger partial charge in [-0.2, -0.15) is 0 Å². The molecule has 0 saturated carbocycles. The maximum Gasteiger partial charge on any atom is 0.293 e. The smallest absolute Gasteiger partial charge is 0.293 e. The molecule has 1 aromatic heterocycles. The number of hydrogen-bond donors (Lipinski definition) is 0. The topological polar surface area (TPSA) is 67.1 Å². The summed E-state index contributed by atoms with van der Waals surface area (Å²) in [7, 11) is 3.18. The minimum absolute atomic E-state index is 0.0488. The van der Waals surface area contributed by atoms with E-state index in [1.807, 2.05) is 4.90 Å². The normalized spacial score (nSPS) is 16.1. The molecule has 0 radical (unpaired) electrons. The highest BCUT2D eigenvalue weighted by atomic mass is 35.5. The maximum atomic E-state index is 13.4. The first-order valence-electron chi connectivity index (χ1n) is 9.72. The van der Waals surface area contributed by atoms with E-state index in [1.165, 1.54) is 17.7 Å². The lowest BCUT2D eigenvalue weighted by Crippen LogP contribution is -2.38. The number of hydrogen-bond acceptors (Lipinski definition) is 5. The fourth-order valence-corrected chi connectivity index (χ4v) is 4.11. The van der Waals surface area contributed by atoms with Crippen LogP contribution in [0.15, 0.2) is 28.0 Å². The second kappa shape index (κ2) is 8.10. The molecule has 1 amide bonds. The second-order valence-corrected chi connectivity index (χ2v) is 7.90. The molecule has 3 heterocycles. The maximum absolute atomic E-state index is 13.4. The molecule has 0 spiro atoms. The Morgan fingerprint density at radius 2 is 2.00 bits per heavy atom. The molecule has 0 unspecified atom stereocenters. The number of amides is 1. The number of benzene rings is 1. The van der Waals surface area contributed by atoms with Crippen LogP contribution in [0.2, 0.25) is 5.02 Å². The van der Waals surface area contributed by atoms with Gasteiger partial charge in [0.25, 0.3) is 11.5 Å². The zero-order valence-electron chi connectivity index (χ0n) is 16.8. The molecule has 4 rings (SSSR count). The van der Waals surface area contributed by atoms with Crippen LogP contribution in [0.1, 0.15) is 34.5 Å². The van der Waals surface area contributed by atoms with Crippen LogP contribution in [0.4, 0.5) is 10.1 Å². The molecule has 30 heavy (non-hydrogen) atoms. The highest BCUT2D eigenvalue weighted by molar-refractivity contribution is 6.30. The third-order valence-corrected chi connectivity index (χ3v) is 5.74. The summed E-state index contributed by atoms with van der Waals surface area (Å²) in [6.45, 7) is 1.83. The Morgan fingerprint density at radius 1 is 1.23 bits per heavy atom. The zero-order chi connectivity index (χ0) is 21.4. The first-order valence-corrected chi connectivity index (χ1v) is 10.1. The van der Waals surface area contributed by atoms with Crippen molar-refractivity contribution in [2.75, 3.05) is 20.7 Å². The number of methoxy groups -OCH3 is 1. The van der Waals surface area contributed by atoms with Crippen molar-refractivity contribution in [2.24, 2.45) is 4.99 Å².